The Kier molecular flexibility index (Phi) is 7.24. The van der Waals surface area contributed by atoms with E-state index in [1.54, 1.807) is 24.0 Å². The number of rotatable bonds is 5. The molecule has 0 radical (unpaired) electrons. The van der Waals surface area contributed by atoms with E-state index in [1.807, 2.05) is 0 Å². The average Bonchev–Trinajstić information content (AvgIpc) is 2.83. The maximum atomic E-state index is 13.4. The van der Waals surface area contributed by atoms with Crippen molar-refractivity contribution in [3.05, 3.63) is 86.9 Å². The highest BCUT2D eigenvalue weighted by Crippen LogP contribution is 2.45. The molecule has 35 heavy (non-hydrogen) atoms. The number of amides is 1. The van der Waals surface area contributed by atoms with E-state index in [2.05, 4.69) is 10.3 Å². The number of alkyl halides is 3. The Morgan fingerprint density at radius 1 is 1.14 bits per heavy atom. The molecule has 1 amide bonds. The molecule has 0 bridgehead atoms. The summed E-state index contributed by atoms with van der Waals surface area (Å²) in [5, 5.41) is 3.03. The summed E-state index contributed by atoms with van der Waals surface area (Å²) in [5.41, 5.74) is 1.69. The predicted octanol–water partition coefficient (Wildman–Crippen LogP) is 7.68. The summed E-state index contributed by atoms with van der Waals surface area (Å²) in [6, 6.07) is 9.10. The van der Waals surface area contributed by atoms with Crippen LogP contribution in [0.1, 0.15) is 47.1 Å². The van der Waals surface area contributed by atoms with Crippen molar-refractivity contribution in [2.75, 3.05) is 11.9 Å². The zero-order valence-electron chi connectivity index (χ0n) is 18.5. The van der Waals surface area contributed by atoms with Crippen molar-refractivity contribution >= 4 is 41.0 Å². The molecular formula is C25H21Cl2F4N3O. The van der Waals surface area contributed by atoms with E-state index in [-0.39, 0.29) is 33.3 Å². The number of aromatic nitrogens is 1. The van der Waals surface area contributed by atoms with Crippen LogP contribution in [0.5, 0.6) is 0 Å². The van der Waals surface area contributed by atoms with Gasteiger partial charge in [-0.05, 0) is 61.1 Å². The lowest BCUT2D eigenvalue weighted by molar-refractivity contribution is -0.137. The van der Waals surface area contributed by atoms with Gasteiger partial charge in [0.15, 0.2) is 0 Å². The minimum absolute atomic E-state index is 0.0221. The maximum absolute atomic E-state index is 13.4. The average molecular weight is 526 g/mol. The molecule has 4 nitrogen and oxygen atoms in total. The lowest BCUT2D eigenvalue weighted by Gasteiger charge is -2.38. The number of anilines is 2. The number of pyridine rings is 1. The number of nitrogens with one attached hydrogen (secondary N) is 1. The van der Waals surface area contributed by atoms with Crippen molar-refractivity contribution < 1.29 is 22.4 Å². The van der Waals surface area contributed by atoms with Crippen LogP contribution in [-0.4, -0.2) is 22.8 Å². The van der Waals surface area contributed by atoms with E-state index in [0.717, 1.165) is 24.1 Å². The van der Waals surface area contributed by atoms with Crippen LogP contribution in [-0.2, 0) is 11.0 Å². The summed E-state index contributed by atoms with van der Waals surface area (Å²) in [4.78, 5) is 17.7. The predicted molar refractivity (Wildman–Crippen MR) is 128 cm³/mol. The normalized spacial score (nSPS) is 18.4. The summed E-state index contributed by atoms with van der Waals surface area (Å²) >= 11 is 12.6. The molecule has 2 aromatic carbocycles. The van der Waals surface area contributed by atoms with Crippen LogP contribution in [0.4, 0.5) is 28.9 Å². The molecule has 1 fully saturated rings. The van der Waals surface area contributed by atoms with Crippen molar-refractivity contribution in [3.63, 3.8) is 0 Å². The fraction of sp³-hybridized carbons (Fsp3) is 0.280. The highest BCUT2D eigenvalue weighted by atomic mass is 35.5. The van der Waals surface area contributed by atoms with Crippen LogP contribution in [0.15, 0.2) is 48.7 Å². The molecule has 1 aromatic heterocycles. The summed E-state index contributed by atoms with van der Waals surface area (Å²) in [7, 11) is 0. The van der Waals surface area contributed by atoms with E-state index in [1.165, 1.54) is 24.4 Å². The standard InChI is InChI=1S/C25H21Cl2F4N3O/c1-14-2-5-17(25(29,30)31)11-20(14)33-23-19(12-32-24(27)22(23)26)21-10-16(8-9-34(21)13-35)15-3-6-18(28)7-4-15/h2-7,11-13,16,21H,8-10H2,1H3,(H,32,33). The summed E-state index contributed by atoms with van der Waals surface area (Å²) in [5.74, 6) is -0.318. The van der Waals surface area contributed by atoms with E-state index in [9.17, 15) is 22.4 Å². The third-order valence-electron chi connectivity index (χ3n) is 6.31. The molecule has 10 heteroatoms. The Morgan fingerprint density at radius 2 is 1.86 bits per heavy atom. The number of halogens is 6. The Morgan fingerprint density at radius 3 is 2.51 bits per heavy atom. The van der Waals surface area contributed by atoms with Crippen LogP contribution in [0, 0.1) is 12.7 Å². The highest BCUT2D eigenvalue weighted by Gasteiger charge is 2.34. The maximum Gasteiger partial charge on any atom is 0.416 e. The van der Waals surface area contributed by atoms with Gasteiger partial charge in [-0.15, -0.1) is 0 Å². The Bertz CT molecular complexity index is 1230. The van der Waals surface area contributed by atoms with Gasteiger partial charge < -0.3 is 10.2 Å². The van der Waals surface area contributed by atoms with Crippen LogP contribution >= 0.6 is 23.2 Å². The number of hydrogen-bond acceptors (Lipinski definition) is 3. The Labute approximate surface area is 209 Å². The number of carbonyl (C=O) groups excluding carboxylic acids is 1. The second kappa shape index (κ2) is 10.0. The molecule has 0 saturated carbocycles. The largest absolute Gasteiger partial charge is 0.416 e. The van der Waals surface area contributed by atoms with Crippen molar-refractivity contribution in [3.8, 4) is 0 Å². The monoisotopic (exact) mass is 525 g/mol. The third-order valence-corrected chi connectivity index (χ3v) is 7.06. The molecule has 1 aliphatic rings. The van der Waals surface area contributed by atoms with Gasteiger partial charge in [-0.3, -0.25) is 4.79 Å². The first-order valence-electron chi connectivity index (χ1n) is 10.8. The fourth-order valence-corrected chi connectivity index (χ4v) is 4.73. The van der Waals surface area contributed by atoms with Crippen molar-refractivity contribution in [2.45, 2.75) is 37.9 Å². The molecule has 1 saturated heterocycles. The molecule has 184 valence electrons. The van der Waals surface area contributed by atoms with Gasteiger partial charge in [-0.25, -0.2) is 9.37 Å². The molecular weight excluding hydrogens is 505 g/mol. The summed E-state index contributed by atoms with van der Waals surface area (Å²) in [6.45, 7) is 2.10. The second-order valence-electron chi connectivity index (χ2n) is 8.48. The van der Waals surface area contributed by atoms with E-state index in [0.29, 0.717) is 30.5 Å². The van der Waals surface area contributed by atoms with Gasteiger partial charge in [0.1, 0.15) is 16.0 Å². The van der Waals surface area contributed by atoms with Gasteiger partial charge in [0, 0.05) is 24.0 Å². The highest BCUT2D eigenvalue weighted by molar-refractivity contribution is 6.43. The summed E-state index contributed by atoms with van der Waals surface area (Å²) < 4.78 is 53.4. The van der Waals surface area contributed by atoms with Crippen molar-refractivity contribution in [1.82, 2.24) is 9.88 Å². The first kappa shape index (κ1) is 25.3. The first-order chi connectivity index (χ1) is 16.6. The molecule has 2 unspecified atom stereocenters. The molecule has 0 aliphatic carbocycles. The number of piperidine rings is 1. The van der Waals surface area contributed by atoms with Crippen LogP contribution in [0.2, 0.25) is 10.2 Å². The fourth-order valence-electron chi connectivity index (χ4n) is 4.38. The minimum Gasteiger partial charge on any atom is -0.354 e. The van der Waals surface area contributed by atoms with E-state index < -0.39 is 17.8 Å². The lowest BCUT2D eigenvalue weighted by Crippen LogP contribution is -2.35. The van der Waals surface area contributed by atoms with E-state index >= 15 is 0 Å². The van der Waals surface area contributed by atoms with E-state index in [4.69, 9.17) is 23.2 Å². The SMILES string of the molecule is Cc1ccc(C(F)(F)F)cc1Nc1c(C2CC(c3ccc(F)cc3)CCN2C=O)cnc(Cl)c1Cl. The molecule has 1 aliphatic heterocycles. The Balaban J connectivity index is 1.75. The molecule has 0 spiro atoms. The molecule has 2 heterocycles. The van der Waals surface area contributed by atoms with Crippen molar-refractivity contribution in [1.29, 1.82) is 0 Å². The number of benzene rings is 2. The molecule has 4 rings (SSSR count). The first-order valence-corrected chi connectivity index (χ1v) is 11.6. The van der Waals surface area contributed by atoms with Gasteiger partial charge in [0.2, 0.25) is 6.41 Å². The number of nitrogens with zero attached hydrogens (tertiary/aromatic N) is 2. The van der Waals surface area contributed by atoms with Gasteiger partial charge in [-0.2, -0.15) is 13.2 Å². The van der Waals surface area contributed by atoms with Gasteiger partial charge in [-0.1, -0.05) is 41.4 Å². The zero-order chi connectivity index (χ0) is 25.3. The van der Waals surface area contributed by atoms with Crippen LogP contribution in [0.3, 0.4) is 0 Å². The second-order valence-corrected chi connectivity index (χ2v) is 9.21. The topological polar surface area (TPSA) is 45.2 Å². The molecule has 2 atom stereocenters. The minimum atomic E-state index is -4.52. The molecule has 3 aromatic rings. The number of aryl methyl sites for hydroxylation is 1. The zero-order valence-corrected chi connectivity index (χ0v) is 20.1. The summed E-state index contributed by atoms with van der Waals surface area (Å²) in [6.07, 6.45) is -1.15. The number of carbonyl (C=O) groups is 1. The van der Waals surface area contributed by atoms with Gasteiger partial charge >= 0.3 is 6.18 Å². The van der Waals surface area contributed by atoms with Crippen LogP contribution in [0.25, 0.3) is 0 Å². The quantitative estimate of drug-likeness (QED) is 0.211. The molecule has 1 N–H and O–H groups in total. The van der Waals surface area contributed by atoms with Crippen LogP contribution < -0.4 is 5.32 Å². The van der Waals surface area contributed by atoms with Crippen molar-refractivity contribution in [2.24, 2.45) is 0 Å². The third kappa shape index (κ3) is 5.38. The smallest absolute Gasteiger partial charge is 0.354 e. The lowest BCUT2D eigenvalue weighted by atomic mass is 9.83. The van der Waals surface area contributed by atoms with Gasteiger partial charge in [0.25, 0.3) is 0 Å². The number of hydrogen-bond donors (Lipinski definition) is 1. The van der Waals surface area contributed by atoms with Gasteiger partial charge in [0.05, 0.1) is 17.3 Å². The Hall–Kier alpha value is -2.84. The number of likely N-dealkylation sites (tertiary alicyclic amines) is 1.